The minimum absolute atomic E-state index is 1.06. The maximum atomic E-state index is 4.47. The van der Waals surface area contributed by atoms with E-state index in [2.05, 4.69) is 45.3 Å². The summed E-state index contributed by atoms with van der Waals surface area (Å²) in [5.41, 5.74) is 4.87. The minimum Gasteiger partial charge on any atom is -0.385 e. The molecule has 0 unspecified atom stereocenters. The third kappa shape index (κ3) is 2.02. The van der Waals surface area contributed by atoms with Crippen LogP contribution in [0.2, 0.25) is 0 Å². The summed E-state index contributed by atoms with van der Waals surface area (Å²) in [5, 5.41) is 9.25. The van der Waals surface area contributed by atoms with Gasteiger partial charge in [0, 0.05) is 23.3 Å². The lowest BCUT2D eigenvalue weighted by atomic mass is 10.0. The quantitative estimate of drug-likeness (QED) is 0.731. The molecule has 0 atom stereocenters. The van der Waals surface area contributed by atoms with Crippen molar-refractivity contribution in [1.29, 1.82) is 0 Å². The fraction of sp³-hybridized carbons (Fsp3) is 0.188. The van der Waals surface area contributed by atoms with E-state index in [-0.39, 0.29) is 0 Å². The van der Waals surface area contributed by atoms with Gasteiger partial charge in [-0.1, -0.05) is 12.1 Å². The fourth-order valence-electron chi connectivity index (χ4n) is 2.66. The molecule has 4 rings (SSSR count). The largest absolute Gasteiger partial charge is 0.385 e. The van der Waals surface area contributed by atoms with Crippen LogP contribution < -0.4 is 10.6 Å². The predicted octanol–water partition coefficient (Wildman–Crippen LogP) is 4.40. The van der Waals surface area contributed by atoms with Gasteiger partial charge >= 0.3 is 0 Å². The third-order valence-corrected chi connectivity index (χ3v) is 4.48. The molecule has 100 valence electrons. The molecule has 2 aromatic carbocycles. The summed E-state index contributed by atoms with van der Waals surface area (Å²) in [6, 6.07) is 14.8. The Bertz CT molecular complexity index is 763. The molecule has 2 heterocycles. The topological polar surface area (TPSA) is 37.0 Å². The highest BCUT2D eigenvalue weighted by Crippen LogP contribution is 2.32. The lowest BCUT2D eigenvalue weighted by molar-refractivity contribution is 0.831. The van der Waals surface area contributed by atoms with Crippen molar-refractivity contribution < 1.29 is 0 Å². The van der Waals surface area contributed by atoms with Gasteiger partial charge in [0.25, 0.3) is 0 Å². The van der Waals surface area contributed by atoms with Gasteiger partial charge in [0.05, 0.1) is 5.52 Å². The number of hydrogen-bond acceptors (Lipinski definition) is 4. The van der Waals surface area contributed by atoms with Crippen molar-refractivity contribution in [3.05, 3.63) is 48.0 Å². The van der Waals surface area contributed by atoms with Gasteiger partial charge in [-0.25, -0.2) is 0 Å². The maximum absolute atomic E-state index is 4.47. The highest BCUT2D eigenvalue weighted by Gasteiger charge is 2.10. The van der Waals surface area contributed by atoms with Gasteiger partial charge in [-0.15, -0.1) is 0 Å². The monoisotopic (exact) mass is 281 g/mol. The lowest BCUT2D eigenvalue weighted by Crippen LogP contribution is -2.11. The van der Waals surface area contributed by atoms with Crippen molar-refractivity contribution in [2.45, 2.75) is 12.8 Å². The second-order valence-corrected chi connectivity index (χ2v) is 5.83. The van der Waals surface area contributed by atoms with Crippen molar-refractivity contribution in [3.63, 3.8) is 0 Å². The number of fused-ring (bicyclic) bond motifs is 2. The van der Waals surface area contributed by atoms with Crippen molar-refractivity contribution in [1.82, 2.24) is 4.37 Å². The van der Waals surface area contributed by atoms with E-state index in [4.69, 9.17) is 0 Å². The Morgan fingerprint density at radius 2 is 2.10 bits per heavy atom. The molecule has 0 saturated heterocycles. The summed E-state index contributed by atoms with van der Waals surface area (Å²) >= 11 is 1.52. The molecule has 4 heteroatoms. The van der Waals surface area contributed by atoms with Crippen LogP contribution in [0.5, 0.6) is 0 Å². The van der Waals surface area contributed by atoms with Gasteiger partial charge < -0.3 is 10.6 Å². The van der Waals surface area contributed by atoms with E-state index in [9.17, 15) is 0 Å². The number of hydrogen-bond donors (Lipinski definition) is 2. The van der Waals surface area contributed by atoms with Gasteiger partial charge in [-0.2, -0.15) is 4.37 Å². The van der Waals surface area contributed by atoms with Gasteiger partial charge in [-0.05, 0) is 60.3 Å². The molecule has 3 nitrogen and oxygen atoms in total. The molecule has 0 fully saturated rings. The van der Waals surface area contributed by atoms with E-state index >= 15 is 0 Å². The van der Waals surface area contributed by atoms with Crippen molar-refractivity contribution in [3.8, 4) is 0 Å². The van der Waals surface area contributed by atoms with Gasteiger partial charge in [-0.3, -0.25) is 0 Å². The Balaban J connectivity index is 1.68. The van der Waals surface area contributed by atoms with E-state index in [1.54, 1.807) is 0 Å². The molecule has 0 bridgehead atoms. The molecule has 0 spiro atoms. The summed E-state index contributed by atoms with van der Waals surface area (Å²) in [4.78, 5) is 0. The molecule has 1 aliphatic rings. The molecule has 1 aromatic heterocycles. The Labute approximate surface area is 121 Å². The molecule has 20 heavy (non-hydrogen) atoms. The van der Waals surface area contributed by atoms with E-state index in [1.807, 2.05) is 12.1 Å². The first-order chi connectivity index (χ1) is 9.90. The summed E-state index contributed by atoms with van der Waals surface area (Å²) in [7, 11) is 0. The van der Waals surface area contributed by atoms with Crippen LogP contribution in [0, 0.1) is 0 Å². The van der Waals surface area contributed by atoms with E-state index in [0.29, 0.717) is 0 Å². The summed E-state index contributed by atoms with van der Waals surface area (Å²) < 4.78 is 4.47. The molecular weight excluding hydrogens is 266 g/mol. The number of nitrogens with one attached hydrogen (secondary N) is 2. The molecule has 3 aromatic rings. The smallest absolute Gasteiger partial charge is 0.121 e. The van der Waals surface area contributed by atoms with Crippen LogP contribution in [0.1, 0.15) is 12.0 Å². The average molecular weight is 281 g/mol. The maximum Gasteiger partial charge on any atom is 0.121 e. The normalized spacial score (nSPS) is 13.8. The number of aromatic nitrogens is 1. The van der Waals surface area contributed by atoms with Crippen LogP contribution in [-0.4, -0.2) is 10.9 Å². The van der Waals surface area contributed by atoms with E-state index in [0.717, 1.165) is 29.2 Å². The van der Waals surface area contributed by atoms with Crippen LogP contribution in [0.4, 0.5) is 16.4 Å². The number of anilines is 3. The zero-order chi connectivity index (χ0) is 13.4. The van der Waals surface area contributed by atoms with Crippen LogP contribution >= 0.6 is 11.5 Å². The number of rotatable bonds is 2. The van der Waals surface area contributed by atoms with Crippen LogP contribution in [0.15, 0.2) is 42.5 Å². The van der Waals surface area contributed by atoms with Crippen LogP contribution in [0.3, 0.4) is 0 Å². The van der Waals surface area contributed by atoms with E-state index in [1.165, 1.54) is 34.6 Å². The summed E-state index contributed by atoms with van der Waals surface area (Å²) in [5.74, 6) is 0. The van der Waals surface area contributed by atoms with Crippen molar-refractivity contribution >= 4 is 38.8 Å². The highest BCUT2D eigenvalue weighted by atomic mass is 32.1. The molecule has 0 saturated carbocycles. The Hall–Kier alpha value is -2.07. The third-order valence-electron chi connectivity index (χ3n) is 3.69. The Morgan fingerprint density at radius 1 is 1.15 bits per heavy atom. The number of benzene rings is 2. The molecule has 1 aliphatic heterocycles. The van der Waals surface area contributed by atoms with Crippen molar-refractivity contribution in [2.24, 2.45) is 0 Å². The van der Waals surface area contributed by atoms with Crippen molar-refractivity contribution in [2.75, 3.05) is 17.2 Å². The van der Waals surface area contributed by atoms with Gasteiger partial charge in [0.2, 0.25) is 0 Å². The van der Waals surface area contributed by atoms with E-state index < -0.39 is 0 Å². The lowest BCUT2D eigenvalue weighted by Gasteiger charge is -2.18. The molecule has 2 N–H and O–H groups in total. The number of aryl methyl sites for hydroxylation is 1. The number of nitrogens with zero attached hydrogens (tertiary/aromatic N) is 1. The average Bonchev–Trinajstić information content (AvgIpc) is 2.91. The fourth-order valence-corrected chi connectivity index (χ4v) is 3.45. The SMILES string of the molecule is c1ccc2c(Nc3ccc4c(c3)CCCN4)snc2c1. The van der Waals surface area contributed by atoms with Crippen LogP contribution in [-0.2, 0) is 6.42 Å². The zero-order valence-electron chi connectivity index (χ0n) is 11.0. The second kappa shape index (κ2) is 4.80. The molecular formula is C16H15N3S. The standard InChI is InChI=1S/C16H15N3S/c1-2-6-15-13(5-1)16(20-19-15)18-12-7-8-14-11(10-12)4-3-9-17-14/h1-2,5-8,10,17-18H,3-4,9H2. The first kappa shape index (κ1) is 11.7. The minimum atomic E-state index is 1.06. The zero-order valence-corrected chi connectivity index (χ0v) is 11.8. The first-order valence-electron chi connectivity index (χ1n) is 6.88. The van der Waals surface area contributed by atoms with Gasteiger partial charge in [0.15, 0.2) is 0 Å². The Kier molecular flexibility index (Phi) is 2.81. The second-order valence-electron chi connectivity index (χ2n) is 5.06. The molecule has 0 amide bonds. The first-order valence-corrected chi connectivity index (χ1v) is 7.66. The molecule has 0 aliphatic carbocycles. The molecule has 0 radical (unpaired) electrons. The predicted molar refractivity (Wildman–Crippen MR) is 86.2 cm³/mol. The summed E-state index contributed by atoms with van der Waals surface area (Å²) in [6.07, 6.45) is 2.36. The highest BCUT2D eigenvalue weighted by molar-refractivity contribution is 7.11. The summed E-state index contributed by atoms with van der Waals surface area (Å²) in [6.45, 7) is 1.08. The van der Waals surface area contributed by atoms with Crippen LogP contribution in [0.25, 0.3) is 10.9 Å². The van der Waals surface area contributed by atoms with Gasteiger partial charge in [0.1, 0.15) is 5.00 Å². The Morgan fingerprint density at radius 3 is 3.10 bits per heavy atom.